The monoisotopic (exact) mass is 498 g/mol. The third-order valence-corrected chi connectivity index (χ3v) is 5.91. The molecule has 0 unspecified atom stereocenters. The quantitative estimate of drug-likeness (QED) is 0.485. The van der Waals surface area contributed by atoms with E-state index in [0.29, 0.717) is 18.3 Å². The van der Waals surface area contributed by atoms with Gasteiger partial charge in [-0.1, -0.05) is 21.1 Å². The smallest absolute Gasteiger partial charge is 0.241 e. The summed E-state index contributed by atoms with van der Waals surface area (Å²) in [6, 6.07) is 15.3. The van der Waals surface area contributed by atoms with Gasteiger partial charge in [-0.3, -0.25) is 9.69 Å². The van der Waals surface area contributed by atoms with Crippen LogP contribution >= 0.6 is 15.9 Å². The molecule has 0 aliphatic carbocycles. The number of halogens is 1. The number of benzene rings is 2. The highest BCUT2D eigenvalue weighted by Gasteiger charge is 2.26. The topological polar surface area (TPSA) is 80.5 Å². The highest BCUT2D eigenvalue weighted by atomic mass is 79.9. The van der Waals surface area contributed by atoms with Crippen LogP contribution in [0.15, 0.2) is 57.5 Å². The van der Waals surface area contributed by atoms with Crippen LogP contribution in [0.5, 0.6) is 5.75 Å². The number of aromatic nitrogens is 2. The van der Waals surface area contributed by atoms with Crippen LogP contribution in [0.4, 0.5) is 5.69 Å². The van der Waals surface area contributed by atoms with Crippen molar-refractivity contribution in [2.24, 2.45) is 5.92 Å². The Hall–Kier alpha value is -2.71. The zero-order valence-electron chi connectivity index (χ0n) is 18.3. The lowest BCUT2D eigenvalue weighted by Crippen LogP contribution is -2.37. The summed E-state index contributed by atoms with van der Waals surface area (Å²) in [5, 5.41) is 7.12. The molecule has 1 N–H and O–H groups in total. The molecule has 7 nitrogen and oxygen atoms in total. The summed E-state index contributed by atoms with van der Waals surface area (Å²) in [4.78, 5) is 19.4. The Balaban J connectivity index is 1.25. The van der Waals surface area contributed by atoms with Gasteiger partial charge in [0.15, 0.2) is 0 Å². The zero-order chi connectivity index (χ0) is 22.5. The molecule has 0 spiro atoms. The fraction of sp³-hybridized carbons (Fsp3) is 0.375. The summed E-state index contributed by atoms with van der Waals surface area (Å²) in [7, 11) is 0. The van der Waals surface area contributed by atoms with Crippen molar-refractivity contribution in [3.05, 3.63) is 58.9 Å². The number of nitrogens with one attached hydrogen (secondary N) is 1. The molecule has 0 radical (unpaired) electrons. The molecule has 1 fully saturated rings. The van der Waals surface area contributed by atoms with E-state index in [0.717, 1.165) is 47.4 Å². The van der Waals surface area contributed by atoms with Gasteiger partial charge in [-0.2, -0.15) is 4.98 Å². The van der Waals surface area contributed by atoms with Gasteiger partial charge in [-0.05, 0) is 88.3 Å². The Bertz CT molecular complexity index is 1030. The van der Waals surface area contributed by atoms with Crippen molar-refractivity contribution in [3.63, 3.8) is 0 Å². The molecular weight excluding hydrogens is 472 g/mol. The van der Waals surface area contributed by atoms with Crippen molar-refractivity contribution in [1.29, 1.82) is 0 Å². The number of hydrogen-bond acceptors (Lipinski definition) is 6. The van der Waals surface area contributed by atoms with Crippen LogP contribution in [0.25, 0.3) is 11.4 Å². The number of ether oxygens (including phenoxy) is 1. The number of carbonyl (C=O) groups is 1. The Labute approximate surface area is 196 Å². The fourth-order valence-corrected chi connectivity index (χ4v) is 3.98. The van der Waals surface area contributed by atoms with E-state index in [-0.39, 0.29) is 17.9 Å². The number of hydrogen-bond donors (Lipinski definition) is 1. The molecule has 2 heterocycles. The van der Waals surface area contributed by atoms with Gasteiger partial charge in [0.2, 0.25) is 17.6 Å². The summed E-state index contributed by atoms with van der Waals surface area (Å²) in [5.41, 5.74) is 1.71. The number of amides is 1. The lowest BCUT2D eigenvalue weighted by molar-refractivity contribution is -0.121. The van der Waals surface area contributed by atoms with E-state index in [9.17, 15) is 4.79 Å². The summed E-state index contributed by atoms with van der Waals surface area (Å²) < 4.78 is 12.1. The molecule has 2 aromatic carbocycles. The van der Waals surface area contributed by atoms with Crippen LogP contribution < -0.4 is 10.1 Å². The predicted molar refractivity (Wildman–Crippen MR) is 126 cm³/mol. The number of rotatable bonds is 7. The van der Waals surface area contributed by atoms with Gasteiger partial charge in [-0.15, -0.1) is 0 Å². The van der Waals surface area contributed by atoms with E-state index in [1.807, 2.05) is 62.4 Å². The standard InChI is InChI=1S/C24H27BrN4O3/c1-16(2)31-21-9-7-20(8-10-21)26-24(30)18-11-13-29(14-12-18)15-22-27-23(28-32-22)17-3-5-19(25)6-4-17/h3-10,16,18H,11-15H2,1-2H3,(H,26,30). The van der Waals surface area contributed by atoms with Crippen molar-refractivity contribution < 1.29 is 14.1 Å². The number of piperidine rings is 1. The molecule has 1 saturated heterocycles. The normalized spacial score (nSPS) is 15.1. The molecule has 0 bridgehead atoms. The first kappa shape index (κ1) is 22.5. The van der Waals surface area contributed by atoms with Gasteiger partial charge in [0.1, 0.15) is 5.75 Å². The number of nitrogens with zero attached hydrogens (tertiary/aromatic N) is 3. The van der Waals surface area contributed by atoms with Gasteiger partial charge < -0.3 is 14.6 Å². The molecule has 0 atom stereocenters. The van der Waals surface area contributed by atoms with Crippen LogP contribution in [-0.4, -0.2) is 40.1 Å². The summed E-state index contributed by atoms with van der Waals surface area (Å²) in [5.74, 6) is 2.05. The highest BCUT2D eigenvalue weighted by Crippen LogP contribution is 2.23. The maximum absolute atomic E-state index is 12.7. The number of likely N-dealkylation sites (tertiary alicyclic amines) is 1. The summed E-state index contributed by atoms with van der Waals surface area (Å²) in [6.45, 7) is 6.20. The first-order valence-electron chi connectivity index (χ1n) is 10.8. The molecule has 3 aromatic rings. The molecule has 1 amide bonds. The van der Waals surface area contributed by atoms with Crippen LogP contribution in [0.1, 0.15) is 32.6 Å². The zero-order valence-corrected chi connectivity index (χ0v) is 19.8. The fourth-order valence-electron chi connectivity index (χ4n) is 3.71. The van der Waals surface area contributed by atoms with Crippen molar-refractivity contribution in [3.8, 4) is 17.1 Å². The first-order chi connectivity index (χ1) is 15.5. The van der Waals surface area contributed by atoms with E-state index >= 15 is 0 Å². The second kappa shape index (κ2) is 10.3. The molecule has 8 heteroatoms. The van der Waals surface area contributed by atoms with Crippen molar-refractivity contribution in [2.75, 3.05) is 18.4 Å². The number of anilines is 1. The van der Waals surface area contributed by atoms with Gasteiger partial charge in [0.25, 0.3) is 0 Å². The Morgan fingerprint density at radius 1 is 1.16 bits per heavy atom. The minimum absolute atomic E-state index is 0.00106. The Morgan fingerprint density at radius 2 is 1.84 bits per heavy atom. The van der Waals surface area contributed by atoms with Crippen LogP contribution in [0.3, 0.4) is 0 Å². The first-order valence-corrected chi connectivity index (χ1v) is 11.6. The molecular formula is C24H27BrN4O3. The Kier molecular flexibility index (Phi) is 7.22. The third-order valence-electron chi connectivity index (χ3n) is 5.38. The lowest BCUT2D eigenvalue weighted by atomic mass is 9.96. The van der Waals surface area contributed by atoms with Crippen molar-refractivity contribution >= 4 is 27.5 Å². The van der Waals surface area contributed by atoms with Crippen LogP contribution in [-0.2, 0) is 11.3 Å². The van der Waals surface area contributed by atoms with E-state index in [4.69, 9.17) is 9.26 Å². The van der Waals surface area contributed by atoms with Gasteiger partial charge in [-0.25, -0.2) is 0 Å². The molecule has 1 aliphatic heterocycles. The maximum Gasteiger partial charge on any atom is 0.241 e. The van der Waals surface area contributed by atoms with Gasteiger partial charge in [0, 0.05) is 21.6 Å². The van der Waals surface area contributed by atoms with E-state index in [1.54, 1.807) is 0 Å². The van der Waals surface area contributed by atoms with Gasteiger partial charge in [0.05, 0.1) is 12.6 Å². The third kappa shape index (κ3) is 5.95. The maximum atomic E-state index is 12.7. The highest BCUT2D eigenvalue weighted by molar-refractivity contribution is 9.10. The SMILES string of the molecule is CC(C)Oc1ccc(NC(=O)C2CCN(Cc3nc(-c4ccc(Br)cc4)no3)CC2)cc1. The average Bonchev–Trinajstić information content (AvgIpc) is 3.24. The summed E-state index contributed by atoms with van der Waals surface area (Å²) in [6.07, 6.45) is 1.72. The van der Waals surface area contributed by atoms with Crippen molar-refractivity contribution in [2.45, 2.75) is 39.3 Å². The minimum Gasteiger partial charge on any atom is -0.491 e. The van der Waals surface area contributed by atoms with Crippen molar-refractivity contribution in [1.82, 2.24) is 15.0 Å². The van der Waals surface area contributed by atoms with Crippen LogP contribution in [0, 0.1) is 5.92 Å². The average molecular weight is 499 g/mol. The van der Waals surface area contributed by atoms with E-state index in [1.165, 1.54) is 0 Å². The lowest BCUT2D eigenvalue weighted by Gasteiger charge is -2.30. The number of carbonyl (C=O) groups excluding carboxylic acids is 1. The molecule has 1 aliphatic rings. The molecule has 0 saturated carbocycles. The molecule has 168 valence electrons. The van der Waals surface area contributed by atoms with E-state index in [2.05, 4.69) is 36.3 Å². The minimum atomic E-state index is -0.00106. The van der Waals surface area contributed by atoms with Crippen LogP contribution in [0.2, 0.25) is 0 Å². The van der Waals surface area contributed by atoms with E-state index < -0.39 is 0 Å². The summed E-state index contributed by atoms with van der Waals surface area (Å²) >= 11 is 3.43. The predicted octanol–water partition coefficient (Wildman–Crippen LogP) is 5.14. The molecule has 4 rings (SSSR count). The van der Waals surface area contributed by atoms with Gasteiger partial charge >= 0.3 is 0 Å². The molecule has 32 heavy (non-hydrogen) atoms. The second-order valence-corrected chi connectivity index (χ2v) is 9.16. The Morgan fingerprint density at radius 3 is 2.50 bits per heavy atom. The largest absolute Gasteiger partial charge is 0.491 e. The molecule has 1 aromatic heterocycles. The second-order valence-electron chi connectivity index (χ2n) is 8.25.